The normalized spacial score (nSPS) is 12.3. The SMILES string of the molecule is Cc1noc2ncc(NC(=O)C(C)c3ccc(Cl)c(Cl)c3)cc12. The van der Waals surface area contributed by atoms with E-state index in [-0.39, 0.29) is 11.8 Å². The van der Waals surface area contributed by atoms with Gasteiger partial charge in [-0.3, -0.25) is 4.79 Å². The van der Waals surface area contributed by atoms with E-state index in [0.29, 0.717) is 21.4 Å². The third kappa shape index (κ3) is 3.16. The summed E-state index contributed by atoms with van der Waals surface area (Å²) in [4.78, 5) is 16.5. The van der Waals surface area contributed by atoms with Crippen molar-refractivity contribution in [3.8, 4) is 0 Å². The van der Waals surface area contributed by atoms with Crippen LogP contribution >= 0.6 is 23.2 Å². The molecule has 0 bridgehead atoms. The van der Waals surface area contributed by atoms with Gasteiger partial charge in [0.2, 0.25) is 5.91 Å². The largest absolute Gasteiger partial charge is 0.336 e. The summed E-state index contributed by atoms with van der Waals surface area (Å²) in [7, 11) is 0. The molecule has 23 heavy (non-hydrogen) atoms. The number of hydrogen-bond donors (Lipinski definition) is 1. The number of aryl methyl sites for hydroxylation is 1. The molecule has 0 radical (unpaired) electrons. The van der Waals surface area contributed by atoms with Crippen LogP contribution in [0.4, 0.5) is 5.69 Å². The lowest BCUT2D eigenvalue weighted by atomic mass is 10.0. The van der Waals surface area contributed by atoms with Gasteiger partial charge in [0.1, 0.15) is 0 Å². The zero-order chi connectivity index (χ0) is 16.6. The molecule has 0 saturated heterocycles. The molecule has 2 heterocycles. The number of benzene rings is 1. The van der Waals surface area contributed by atoms with Gasteiger partial charge < -0.3 is 9.84 Å². The summed E-state index contributed by atoms with van der Waals surface area (Å²) in [5.74, 6) is -0.553. The summed E-state index contributed by atoms with van der Waals surface area (Å²) < 4.78 is 5.05. The van der Waals surface area contributed by atoms with Gasteiger partial charge in [0.15, 0.2) is 0 Å². The Labute approximate surface area is 142 Å². The lowest BCUT2D eigenvalue weighted by molar-refractivity contribution is -0.117. The summed E-state index contributed by atoms with van der Waals surface area (Å²) in [5, 5.41) is 8.33. The van der Waals surface area contributed by atoms with Crippen LogP contribution in [0.15, 0.2) is 35.0 Å². The standard InChI is InChI=1S/C16H13Cl2N3O2/c1-8(10-3-4-13(17)14(18)5-10)15(22)20-11-6-12-9(2)21-23-16(12)19-7-11/h3-8H,1-2H3,(H,20,22). The Bertz CT molecular complexity index is 892. The third-order valence-corrected chi connectivity index (χ3v) is 4.35. The number of hydrogen-bond acceptors (Lipinski definition) is 4. The molecule has 2 aromatic heterocycles. The second kappa shape index (κ2) is 6.18. The van der Waals surface area contributed by atoms with E-state index in [1.165, 1.54) is 6.20 Å². The molecule has 0 aliphatic carbocycles. The zero-order valence-corrected chi connectivity index (χ0v) is 13.9. The highest BCUT2D eigenvalue weighted by atomic mass is 35.5. The van der Waals surface area contributed by atoms with Crippen molar-refractivity contribution in [2.24, 2.45) is 0 Å². The molecule has 1 atom stereocenters. The molecule has 118 valence electrons. The molecular weight excluding hydrogens is 337 g/mol. The second-order valence-corrected chi connectivity index (χ2v) is 6.04. The van der Waals surface area contributed by atoms with Crippen LogP contribution in [0.2, 0.25) is 10.0 Å². The monoisotopic (exact) mass is 349 g/mol. The molecule has 0 spiro atoms. The summed E-state index contributed by atoms with van der Waals surface area (Å²) in [6.45, 7) is 3.61. The maximum absolute atomic E-state index is 12.4. The minimum absolute atomic E-state index is 0.168. The molecule has 0 fully saturated rings. The number of carbonyl (C=O) groups is 1. The minimum atomic E-state index is -0.385. The molecule has 0 aliphatic heterocycles. The van der Waals surface area contributed by atoms with E-state index in [0.717, 1.165) is 16.6 Å². The molecule has 0 aliphatic rings. The van der Waals surface area contributed by atoms with Gasteiger partial charge in [-0.25, -0.2) is 4.98 Å². The molecule has 7 heteroatoms. The van der Waals surface area contributed by atoms with Gasteiger partial charge in [-0.15, -0.1) is 0 Å². The predicted octanol–water partition coefficient (Wildman–Crippen LogP) is 4.58. The summed E-state index contributed by atoms with van der Waals surface area (Å²) in [5.41, 5.74) is 2.53. The first-order valence-electron chi connectivity index (χ1n) is 6.93. The first-order valence-corrected chi connectivity index (χ1v) is 7.69. The topological polar surface area (TPSA) is 68.0 Å². The molecule has 1 aromatic carbocycles. The van der Waals surface area contributed by atoms with Gasteiger partial charge in [0.05, 0.1) is 38.9 Å². The molecular formula is C16H13Cl2N3O2. The quantitative estimate of drug-likeness (QED) is 0.751. The lowest BCUT2D eigenvalue weighted by Gasteiger charge is -2.13. The number of halogens is 2. The third-order valence-electron chi connectivity index (χ3n) is 3.61. The van der Waals surface area contributed by atoms with E-state index in [9.17, 15) is 4.79 Å². The Kier molecular flexibility index (Phi) is 4.24. The van der Waals surface area contributed by atoms with E-state index in [1.807, 2.05) is 6.92 Å². The van der Waals surface area contributed by atoms with Crippen LogP contribution in [-0.2, 0) is 4.79 Å². The van der Waals surface area contributed by atoms with Crippen LogP contribution in [0, 0.1) is 6.92 Å². The van der Waals surface area contributed by atoms with Crippen molar-refractivity contribution in [1.82, 2.24) is 10.1 Å². The van der Waals surface area contributed by atoms with Gasteiger partial charge in [0.25, 0.3) is 5.71 Å². The van der Waals surface area contributed by atoms with Crippen LogP contribution in [0.1, 0.15) is 24.1 Å². The van der Waals surface area contributed by atoms with Crippen molar-refractivity contribution < 1.29 is 9.32 Å². The highest BCUT2D eigenvalue weighted by molar-refractivity contribution is 6.42. The number of fused-ring (bicyclic) bond motifs is 1. The smallest absolute Gasteiger partial charge is 0.258 e. The van der Waals surface area contributed by atoms with Crippen LogP contribution in [0.3, 0.4) is 0 Å². The maximum atomic E-state index is 12.4. The summed E-state index contributed by atoms with van der Waals surface area (Å²) in [6, 6.07) is 6.94. The van der Waals surface area contributed by atoms with Crippen LogP contribution in [0.25, 0.3) is 11.1 Å². The predicted molar refractivity (Wildman–Crippen MR) is 90.0 cm³/mol. The molecule has 3 aromatic rings. The average molecular weight is 350 g/mol. The number of rotatable bonds is 3. The number of nitrogens with one attached hydrogen (secondary N) is 1. The van der Waals surface area contributed by atoms with Crippen molar-refractivity contribution in [3.63, 3.8) is 0 Å². The fraction of sp³-hybridized carbons (Fsp3) is 0.188. The Morgan fingerprint density at radius 1 is 1.26 bits per heavy atom. The number of pyridine rings is 1. The number of amides is 1. The van der Waals surface area contributed by atoms with Crippen LogP contribution < -0.4 is 5.32 Å². The molecule has 0 saturated carbocycles. The highest BCUT2D eigenvalue weighted by Crippen LogP contribution is 2.27. The molecule has 1 unspecified atom stereocenters. The van der Waals surface area contributed by atoms with Gasteiger partial charge >= 0.3 is 0 Å². The van der Waals surface area contributed by atoms with E-state index in [4.69, 9.17) is 27.7 Å². The zero-order valence-electron chi connectivity index (χ0n) is 12.4. The van der Waals surface area contributed by atoms with Crippen molar-refractivity contribution in [1.29, 1.82) is 0 Å². The van der Waals surface area contributed by atoms with Crippen LogP contribution in [0.5, 0.6) is 0 Å². The highest BCUT2D eigenvalue weighted by Gasteiger charge is 2.17. The van der Waals surface area contributed by atoms with Gasteiger partial charge in [-0.2, -0.15) is 0 Å². The molecule has 1 amide bonds. The fourth-order valence-electron chi connectivity index (χ4n) is 2.20. The van der Waals surface area contributed by atoms with Crippen LogP contribution in [-0.4, -0.2) is 16.0 Å². The summed E-state index contributed by atoms with van der Waals surface area (Å²) in [6.07, 6.45) is 1.53. The Balaban J connectivity index is 1.81. The van der Waals surface area contributed by atoms with Gasteiger partial charge in [-0.05, 0) is 37.6 Å². The van der Waals surface area contributed by atoms with Crippen molar-refractivity contribution in [2.75, 3.05) is 5.32 Å². The molecule has 5 nitrogen and oxygen atoms in total. The number of anilines is 1. The Hall–Kier alpha value is -2.11. The van der Waals surface area contributed by atoms with Gasteiger partial charge in [0, 0.05) is 0 Å². The number of carbonyl (C=O) groups excluding carboxylic acids is 1. The number of nitrogens with zero attached hydrogens (tertiary/aromatic N) is 2. The molecule has 1 N–H and O–H groups in total. The lowest BCUT2D eigenvalue weighted by Crippen LogP contribution is -2.19. The average Bonchev–Trinajstić information content (AvgIpc) is 2.90. The van der Waals surface area contributed by atoms with E-state index >= 15 is 0 Å². The first kappa shape index (κ1) is 15.8. The van der Waals surface area contributed by atoms with Crippen molar-refractivity contribution >= 4 is 45.9 Å². The van der Waals surface area contributed by atoms with Gasteiger partial charge in [-0.1, -0.05) is 34.4 Å². The maximum Gasteiger partial charge on any atom is 0.258 e. The number of aromatic nitrogens is 2. The Morgan fingerprint density at radius 2 is 2.04 bits per heavy atom. The second-order valence-electron chi connectivity index (χ2n) is 5.23. The van der Waals surface area contributed by atoms with E-state index in [1.54, 1.807) is 31.2 Å². The van der Waals surface area contributed by atoms with E-state index in [2.05, 4.69) is 15.5 Å². The Morgan fingerprint density at radius 3 is 2.78 bits per heavy atom. The molecule has 3 rings (SSSR count). The minimum Gasteiger partial charge on any atom is -0.336 e. The van der Waals surface area contributed by atoms with Crippen molar-refractivity contribution in [3.05, 3.63) is 51.8 Å². The van der Waals surface area contributed by atoms with E-state index < -0.39 is 0 Å². The first-order chi connectivity index (χ1) is 11.0. The fourth-order valence-corrected chi connectivity index (χ4v) is 2.50. The van der Waals surface area contributed by atoms with Crippen molar-refractivity contribution in [2.45, 2.75) is 19.8 Å². The summed E-state index contributed by atoms with van der Waals surface area (Å²) >= 11 is 11.9.